The van der Waals surface area contributed by atoms with Gasteiger partial charge < -0.3 is 10.1 Å². The molecule has 1 aromatic rings. The van der Waals surface area contributed by atoms with Crippen molar-refractivity contribution in [3.8, 4) is 0 Å². The van der Waals surface area contributed by atoms with Gasteiger partial charge in [-0.25, -0.2) is 0 Å². The zero-order valence-electron chi connectivity index (χ0n) is 13.5. The van der Waals surface area contributed by atoms with E-state index in [0.717, 1.165) is 5.56 Å². The minimum atomic E-state index is -1.17. The Morgan fingerprint density at radius 1 is 1.21 bits per heavy atom. The van der Waals surface area contributed by atoms with E-state index >= 15 is 0 Å². The lowest BCUT2D eigenvalue weighted by Crippen LogP contribution is -2.53. The molecule has 3 heterocycles. The molecule has 126 valence electrons. The third-order valence-electron chi connectivity index (χ3n) is 5.38. The second kappa shape index (κ2) is 5.12. The summed E-state index contributed by atoms with van der Waals surface area (Å²) in [5.41, 5.74) is 0.262. The van der Waals surface area contributed by atoms with Crippen LogP contribution in [0.3, 0.4) is 0 Å². The summed E-state index contributed by atoms with van der Waals surface area (Å²) in [5, 5.41) is 6.11. The molecule has 7 heteroatoms. The molecule has 0 aromatic heterocycles. The number of nitrogens with zero attached hydrogens (tertiary/aromatic N) is 1. The van der Waals surface area contributed by atoms with E-state index < -0.39 is 17.4 Å². The van der Waals surface area contributed by atoms with E-state index in [0.29, 0.717) is 5.69 Å². The van der Waals surface area contributed by atoms with Gasteiger partial charge in [-0.05, 0) is 13.0 Å². The van der Waals surface area contributed by atoms with Crippen molar-refractivity contribution in [2.45, 2.75) is 18.5 Å². The number of amides is 3. The molecule has 0 bridgehead atoms. The monoisotopic (exact) mass is 329 g/mol. The van der Waals surface area contributed by atoms with Crippen molar-refractivity contribution < 1.29 is 19.1 Å². The summed E-state index contributed by atoms with van der Waals surface area (Å²) >= 11 is 0. The summed E-state index contributed by atoms with van der Waals surface area (Å²) in [7, 11) is 1.53. The van der Waals surface area contributed by atoms with Crippen molar-refractivity contribution in [2.75, 3.05) is 25.6 Å². The molecule has 1 aromatic carbocycles. The molecule has 3 aliphatic rings. The summed E-state index contributed by atoms with van der Waals surface area (Å²) in [6.07, 6.45) is 0. The number of ether oxygens (including phenoxy) is 1. The van der Waals surface area contributed by atoms with Crippen LogP contribution in [0.1, 0.15) is 12.5 Å². The summed E-state index contributed by atoms with van der Waals surface area (Å²) in [4.78, 5) is 39.8. The highest BCUT2D eigenvalue weighted by Gasteiger charge is 2.69. The number of carbonyl (C=O) groups is 3. The van der Waals surface area contributed by atoms with Gasteiger partial charge in [0.25, 0.3) is 0 Å². The molecule has 24 heavy (non-hydrogen) atoms. The summed E-state index contributed by atoms with van der Waals surface area (Å²) in [6, 6.07) is 7.05. The third kappa shape index (κ3) is 1.71. The maximum absolute atomic E-state index is 13.0. The quantitative estimate of drug-likeness (QED) is 0.767. The van der Waals surface area contributed by atoms with Gasteiger partial charge in [0.05, 0.1) is 25.0 Å². The first-order valence-corrected chi connectivity index (χ1v) is 8.05. The Morgan fingerprint density at radius 3 is 2.71 bits per heavy atom. The van der Waals surface area contributed by atoms with Gasteiger partial charge in [0.15, 0.2) is 0 Å². The second-order valence-corrected chi connectivity index (χ2v) is 6.57. The Balaban J connectivity index is 1.82. The highest BCUT2D eigenvalue weighted by Crippen LogP contribution is 2.52. The van der Waals surface area contributed by atoms with Gasteiger partial charge in [0.2, 0.25) is 17.7 Å². The topological polar surface area (TPSA) is 87.7 Å². The smallest absolute Gasteiger partial charge is 0.250 e. The van der Waals surface area contributed by atoms with E-state index in [1.165, 1.54) is 12.0 Å². The first-order valence-electron chi connectivity index (χ1n) is 8.05. The molecule has 2 N–H and O–H groups in total. The van der Waals surface area contributed by atoms with E-state index in [1.807, 2.05) is 31.2 Å². The number of rotatable bonds is 3. The fourth-order valence-corrected chi connectivity index (χ4v) is 4.38. The van der Waals surface area contributed by atoms with Crippen molar-refractivity contribution in [1.82, 2.24) is 10.2 Å². The van der Waals surface area contributed by atoms with Gasteiger partial charge in [-0.15, -0.1) is 0 Å². The van der Waals surface area contributed by atoms with Crippen molar-refractivity contribution in [3.05, 3.63) is 29.8 Å². The first-order chi connectivity index (χ1) is 11.5. The number of nitrogens with one attached hydrogen (secondary N) is 2. The number of para-hydroxylation sites is 1. The van der Waals surface area contributed by atoms with Crippen LogP contribution in [0, 0.1) is 11.8 Å². The summed E-state index contributed by atoms with van der Waals surface area (Å²) in [6.45, 7) is 2.35. The maximum atomic E-state index is 13.0. The van der Waals surface area contributed by atoms with Gasteiger partial charge in [-0.1, -0.05) is 18.2 Å². The number of hydrogen-bond donors (Lipinski definition) is 2. The van der Waals surface area contributed by atoms with Gasteiger partial charge in [0, 0.05) is 24.4 Å². The van der Waals surface area contributed by atoms with E-state index in [4.69, 9.17) is 4.74 Å². The lowest BCUT2D eigenvalue weighted by molar-refractivity contribution is -0.143. The molecule has 1 spiro atoms. The standard InChI is InChI=1S/C17H19N3O4/c1-9-12-13(15(22)20(14(12)21)7-8-24-2)17(19-9)10-5-3-4-6-11(10)18-16(17)23/h3-6,9,12-13,19H,7-8H2,1-2H3,(H,18,23)/t9?,12-,13+,17?/m1/s1. The molecule has 3 amide bonds. The van der Waals surface area contributed by atoms with Gasteiger partial charge in [-0.2, -0.15) is 0 Å². The fraction of sp³-hybridized carbons (Fsp3) is 0.471. The Morgan fingerprint density at radius 2 is 1.96 bits per heavy atom. The summed E-state index contributed by atoms with van der Waals surface area (Å²) < 4.78 is 5.00. The minimum absolute atomic E-state index is 0.216. The normalized spacial score (nSPS) is 34.0. The van der Waals surface area contributed by atoms with Crippen molar-refractivity contribution >= 4 is 23.4 Å². The van der Waals surface area contributed by atoms with Crippen molar-refractivity contribution in [3.63, 3.8) is 0 Å². The number of fused-ring (bicyclic) bond motifs is 4. The van der Waals surface area contributed by atoms with Crippen LogP contribution >= 0.6 is 0 Å². The highest BCUT2D eigenvalue weighted by atomic mass is 16.5. The number of benzene rings is 1. The molecular weight excluding hydrogens is 310 g/mol. The SMILES string of the molecule is COCCN1C(=O)[C@@H]2C(C)NC3(C(=O)Nc4ccccc43)[C@@H]2C1=O. The maximum Gasteiger partial charge on any atom is 0.250 e. The first kappa shape index (κ1) is 15.3. The molecule has 4 atom stereocenters. The molecule has 3 aliphatic heterocycles. The molecule has 0 radical (unpaired) electrons. The predicted octanol–water partition coefficient (Wildman–Crippen LogP) is 0.0733. The number of likely N-dealkylation sites (tertiary alicyclic amines) is 1. The van der Waals surface area contributed by atoms with Gasteiger partial charge in [-0.3, -0.25) is 24.6 Å². The second-order valence-electron chi connectivity index (χ2n) is 6.57. The van der Waals surface area contributed by atoms with Crippen LogP contribution in [0.2, 0.25) is 0 Å². The molecule has 2 saturated heterocycles. The zero-order chi connectivity index (χ0) is 17.1. The fourth-order valence-electron chi connectivity index (χ4n) is 4.38. The molecule has 0 saturated carbocycles. The Hall–Kier alpha value is -2.25. The van der Waals surface area contributed by atoms with Gasteiger partial charge in [0.1, 0.15) is 5.54 Å². The largest absolute Gasteiger partial charge is 0.383 e. The number of anilines is 1. The summed E-state index contributed by atoms with van der Waals surface area (Å²) in [5.74, 6) is -2.05. The van der Waals surface area contributed by atoms with Crippen LogP contribution < -0.4 is 10.6 Å². The van der Waals surface area contributed by atoms with Crippen molar-refractivity contribution in [1.29, 1.82) is 0 Å². The number of carbonyl (C=O) groups excluding carboxylic acids is 3. The van der Waals surface area contributed by atoms with Crippen molar-refractivity contribution in [2.24, 2.45) is 11.8 Å². The Labute approximate surface area is 139 Å². The van der Waals surface area contributed by atoms with Crippen LogP contribution in [0.15, 0.2) is 24.3 Å². The minimum Gasteiger partial charge on any atom is -0.383 e. The zero-order valence-corrected chi connectivity index (χ0v) is 13.5. The lowest BCUT2D eigenvalue weighted by Gasteiger charge is -2.29. The Bertz CT molecular complexity index is 749. The van der Waals surface area contributed by atoms with Crippen LogP contribution in [0.5, 0.6) is 0 Å². The number of methoxy groups -OCH3 is 1. The van der Waals surface area contributed by atoms with Crippen LogP contribution in [0.25, 0.3) is 0 Å². The third-order valence-corrected chi connectivity index (χ3v) is 5.38. The van der Waals surface area contributed by atoms with E-state index in [1.54, 1.807) is 0 Å². The molecular formula is C17H19N3O4. The highest BCUT2D eigenvalue weighted by molar-refractivity contribution is 6.15. The molecule has 7 nitrogen and oxygen atoms in total. The number of imide groups is 1. The van der Waals surface area contributed by atoms with E-state index in [2.05, 4.69) is 10.6 Å². The number of hydrogen-bond acceptors (Lipinski definition) is 5. The lowest BCUT2D eigenvalue weighted by atomic mass is 9.76. The molecule has 2 unspecified atom stereocenters. The predicted molar refractivity (Wildman–Crippen MR) is 84.9 cm³/mol. The van der Waals surface area contributed by atoms with Crippen LogP contribution in [0.4, 0.5) is 5.69 Å². The molecule has 4 rings (SSSR count). The average Bonchev–Trinajstić information content (AvgIpc) is 3.12. The van der Waals surface area contributed by atoms with E-state index in [9.17, 15) is 14.4 Å². The Kier molecular flexibility index (Phi) is 3.26. The van der Waals surface area contributed by atoms with E-state index in [-0.39, 0.29) is 36.9 Å². The van der Waals surface area contributed by atoms with Gasteiger partial charge >= 0.3 is 0 Å². The average molecular weight is 329 g/mol. The molecule has 0 aliphatic carbocycles. The van der Waals surface area contributed by atoms with Crippen LogP contribution in [-0.4, -0.2) is 48.9 Å². The molecule has 2 fully saturated rings. The van der Waals surface area contributed by atoms with Crippen LogP contribution in [-0.2, 0) is 24.7 Å².